The van der Waals surface area contributed by atoms with Crippen LogP contribution in [0.1, 0.15) is 35.8 Å². The second-order valence-corrected chi connectivity index (χ2v) is 6.82. The van der Waals surface area contributed by atoms with Gasteiger partial charge in [0.1, 0.15) is 0 Å². The average Bonchev–Trinajstić information content (AvgIpc) is 2.79. The highest BCUT2D eigenvalue weighted by Gasteiger charge is 2.21. The lowest BCUT2D eigenvalue weighted by atomic mass is 10.0. The molecule has 0 bridgehead atoms. The Morgan fingerprint density at radius 1 is 1.03 bits per heavy atom. The summed E-state index contributed by atoms with van der Waals surface area (Å²) in [6, 6.07) is 13.2. The molecule has 0 saturated carbocycles. The van der Waals surface area contributed by atoms with E-state index < -0.39 is 5.91 Å². The number of carbonyl (C=O) groups excluding carboxylic acids is 2. The third-order valence-corrected chi connectivity index (χ3v) is 4.98. The summed E-state index contributed by atoms with van der Waals surface area (Å²) in [6.07, 6.45) is 0. The molecule has 1 atom stereocenters. The van der Waals surface area contributed by atoms with Crippen LogP contribution in [0.5, 0.6) is 17.2 Å². The molecule has 0 aliphatic heterocycles. The molecule has 0 saturated heterocycles. The van der Waals surface area contributed by atoms with Crippen molar-refractivity contribution in [1.82, 2.24) is 10.2 Å². The van der Waals surface area contributed by atoms with Crippen molar-refractivity contribution in [2.24, 2.45) is 5.73 Å². The fourth-order valence-electron chi connectivity index (χ4n) is 3.39. The van der Waals surface area contributed by atoms with E-state index in [2.05, 4.69) is 36.2 Å². The number of methoxy groups -OCH3 is 2. The van der Waals surface area contributed by atoms with E-state index >= 15 is 0 Å². The Balaban J connectivity index is 2.24. The van der Waals surface area contributed by atoms with Gasteiger partial charge in [0.15, 0.2) is 18.1 Å². The first-order valence-electron chi connectivity index (χ1n) is 10.2. The van der Waals surface area contributed by atoms with Gasteiger partial charge in [-0.05, 0) is 30.8 Å². The summed E-state index contributed by atoms with van der Waals surface area (Å²) in [5, 5.41) is 3.01. The molecule has 2 aromatic rings. The minimum Gasteiger partial charge on any atom is -0.493 e. The van der Waals surface area contributed by atoms with Crippen LogP contribution in [0.15, 0.2) is 42.5 Å². The van der Waals surface area contributed by atoms with Crippen LogP contribution in [-0.4, -0.2) is 57.2 Å². The van der Waals surface area contributed by atoms with Gasteiger partial charge in [-0.25, -0.2) is 0 Å². The average molecular weight is 430 g/mol. The van der Waals surface area contributed by atoms with E-state index in [1.165, 1.54) is 14.2 Å². The van der Waals surface area contributed by atoms with Crippen molar-refractivity contribution in [3.8, 4) is 17.2 Å². The van der Waals surface area contributed by atoms with Gasteiger partial charge < -0.3 is 25.3 Å². The number of amides is 2. The Hall–Kier alpha value is -3.26. The van der Waals surface area contributed by atoms with Gasteiger partial charge in [0.05, 0.1) is 20.3 Å². The van der Waals surface area contributed by atoms with Crippen molar-refractivity contribution in [3.63, 3.8) is 0 Å². The van der Waals surface area contributed by atoms with Gasteiger partial charge in [0, 0.05) is 12.1 Å². The van der Waals surface area contributed by atoms with Crippen molar-refractivity contribution >= 4 is 11.8 Å². The molecule has 0 fully saturated rings. The van der Waals surface area contributed by atoms with Gasteiger partial charge in [0.2, 0.25) is 5.75 Å². The second kappa shape index (κ2) is 11.8. The number of rotatable bonds is 12. The molecule has 31 heavy (non-hydrogen) atoms. The number of hydrogen-bond donors (Lipinski definition) is 2. The standard InChI is InChI=1S/C23H31N3O5/c1-5-26(6-2)18(16-10-8-7-9-11-16)14-25-23(28)17-12-19(29-3)22(20(13-17)30-4)31-15-21(24)27/h7-13,18H,5-6,14-15H2,1-4H3,(H2,24,27)(H,25,28). The molecule has 8 heteroatoms. The maximum atomic E-state index is 12.9. The normalized spacial score (nSPS) is 11.6. The van der Waals surface area contributed by atoms with Crippen LogP contribution in [0.3, 0.4) is 0 Å². The zero-order valence-corrected chi connectivity index (χ0v) is 18.5. The van der Waals surface area contributed by atoms with Crippen molar-refractivity contribution in [2.45, 2.75) is 19.9 Å². The Morgan fingerprint density at radius 3 is 2.10 bits per heavy atom. The first-order chi connectivity index (χ1) is 14.9. The van der Waals surface area contributed by atoms with Gasteiger partial charge >= 0.3 is 0 Å². The molecular formula is C23H31N3O5. The number of primary amides is 1. The predicted molar refractivity (Wildman–Crippen MR) is 119 cm³/mol. The smallest absolute Gasteiger partial charge is 0.255 e. The fraction of sp³-hybridized carbons (Fsp3) is 0.391. The first-order valence-corrected chi connectivity index (χ1v) is 10.2. The van der Waals surface area contributed by atoms with Crippen molar-refractivity contribution in [2.75, 3.05) is 40.5 Å². The van der Waals surface area contributed by atoms with Gasteiger partial charge in [-0.1, -0.05) is 44.2 Å². The Bertz CT molecular complexity index is 844. The zero-order chi connectivity index (χ0) is 22.8. The van der Waals surface area contributed by atoms with Crippen LogP contribution in [0.25, 0.3) is 0 Å². The maximum Gasteiger partial charge on any atom is 0.255 e. The van der Waals surface area contributed by atoms with Gasteiger partial charge in [-0.2, -0.15) is 0 Å². The molecule has 2 rings (SSSR count). The molecule has 2 amide bonds. The molecular weight excluding hydrogens is 398 g/mol. The monoisotopic (exact) mass is 429 g/mol. The lowest BCUT2D eigenvalue weighted by Crippen LogP contribution is -2.38. The summed E-state index contributed by atoms with van der Waals surface area (Å²) >= 11 is 0. The molecule has 8 nitrogen and oxygen atoms in total. The summed E-state index contributed by atoms with van der Waals surface area (Å²) in [5.41, 5.74) is 6.64. The molecule has 3 N–H and O–H groups in total. The first kappa shape index (κ1) is 24.0. The summed E-state index contributed by atoms with van der Waals surface area (Å²) in [6.45, 7) is 6.03. The van der Waals surface area contributed by atoms with E-state index in [1.807, 2.05) is 18.2 Å². The number of nitrogens with one attached hydrogen (secondary N) is 1. The molecule has 0 spiro atoms. The topological polar surface area (TPSA) is 103 Å². The number of hydrogen-bond acceptors (Lipinski definition) is 6. The van der Waals surface area contributed by atoms with Crippen molar-refractivity contribution < 1.29 is 23.8 Å². The minimum absolute atomic E-state index is 0.0436. The molecule has 0 radical (unpaired) electrons. The summed E-state index contributed by atoms with van der Waals surface area (Å²) in [5.74, 6) is -0.144. The Morgan fingerprint density at radius 2 is 1.61 bits per heavy atom. The van der Waals surface area contributed by atoms with E-state index in [1.54, 1.807) is 12.1 Å². The minimum atomic E-state index is -0.630. The third-order valence-electron chi connectivity index (χ3n) is 4.98. The highest BCUT2D eigenvalue weighted by Crippen LogP contribution is 2.38. The molecule has 0 aliphatic rings. The zero-order valence-electron chi connectivity index (χ0n) is 18.5. The van der Waals surface area contributed by atoms with Gasteiger partial charge in [0.25, 0.3) is 11.8 Å². The van der Waals surface area contributed by atoms with E-state index in [0.29, 0.717) is 12.1 Å². The largest absolute Gasteiger partial charge is 0.493 e. The number of benzene rings is 2. The van der Waals surface area contributed by atoms with Crippen LogP contribution in [0, 0.1) is 0 Å². The van der Waals surface area contributed by atoms with E-state index in [4.69, 9.17) is 19.9 Å². The number of nitrogens with two attached hydrogens (primary N) is 1. The molecule has 0 heterocycles. The Kier molecular flexibility index (Phi) is 9.14. The molecule has 0 aliphatic carbocycles. The summed E-state index contributed by atoms with van der Waals surface area (Å²) in [7, 11) is 2.89. The van der Waals surface area contributed by atoms with Crippen LogP contribution < -0.4 is 25.3 Å². The van der Waals surface area contributed by atoms with E-state index in [9.17, 15) is 9.59 Å². The summed E-state index contributed by atoms with van der Waals surface area (Å²) in [4.78, 5) is 26.3. The van der Waals surface area contributed by atoms with Crippen molar-refractivity contribution in [1.29, 1.82) is 0 Å². The van der Waals surface area contributed by atoms with E-state index in [-0.39, 0.29) is 35.8 Å². The molecule has 2 aromatic carbocycles. The summed E-state index contributed by atoms with van der Waals surface area (Å²) < 4.78 is 16.1. The molecule has 1 unspecified atom stereocenters. The predicted octanol–water partition coefficient (Wildman–Crippen LogP) is 2.38. The van der Waals surface area contributed by atoms with Crippen LogP contribution in [0.4, 0.5) is 0 Å². The number of carbonyl (C=O) groups is 2. The van der Waals surface area contributed by atoms with Crippen LogP contribution in [-0.2, 0) is 4.79 Å². The molecule has 168 valence electrons. The van der Waals surface area contributed by atoms with E-state index in [0.717, 1.165) is 18.7 Å². The number of likely N-dealkylation sites (N-methyl/N-ethyl adjacent to an activating group) is 1. The SMILES string of the molecule is CCN(CC)C(CNC(=O)c1cc(OC)c(OCC(N)=O)c(OC)c1)c1ccccc1. The van der Waals surface area contributed by atoms with Gasteiger partial charge in [-0.15, -0.1) is 0 Å². The quantitative estimate of drug-likeness (QED) is 0.537. The Labute approximate surface area is 183 Å². The third kappa shape index (κ3) is 6.36. The number of nitrogens with zero attached hydrogens (tertiary/aromatic N) is 1. The lowest BCUT2D eigenvalue weighted by Gasteiger charge is -2.30. The van der Waals surface area contributed by atoms with Gasteiger partial charge in [-0.3, -0.25) is 14.5 Å². The molecule has 0 aromatic heterocycles. The highest BCUT2D eigenvalue weighted by atomic mass is 16.5. The second-order valence-electron chi connectivity index (χ2n) is 6.82. The fourth-order valence-corrected chi connectivity index (χ4v) is 3.39. The maximum absolute atomic E-state index is 12.9. The number of ether oxygens (including phenoxy) is 3. The van der Waals surface area contributed by atoms with Crippen molar-refractivity contribution in [3.05, 3.63) is 53.6 Å². The highest BCUT2D eigenvalue weighted by molar-refractivity contribution is 5.95. The van der Waals surface area contributed by atoms with Crippen LogP contribution >= 0.6 is 0 Å². The van der Waals surface area contributed by atoms with Crippen LogP contribution in [0.2, 0.25) is 0 Å². The lowest BCUT2D eigenvalue weighted by molar-refractivity contribution is -0.120.